The summed E-state index contributed by atoms with van der Waals surface area (Å²) in [7, 11) is 0. The average molecular weight is 428 g/mol. The van der Waals surface area contributed by atoms with Crippen LogP contribution in [0.4, 0.5) is 5.82 Å². The van der Waals surface area contributed by atoms with Gasteiger partial charge in [-0.15, -0.1) is 6.42 Å². The van der Waals surface area contributed by atoms with Crippen LogP contribution in [-0.4, -0.2) is 82.4 Å². The molecule has 1 aliphatic rings. The lowest BCUT2D eigenvalue weighted by Gasteiger charge is -2.25. The number of carboxylic acids is 2. The van der Waals surface area contributed by atoms with E-state index in [4.69, 9.17) is 43.4 Å². The van der Waals surface area contributed by atoms with Crippen molar-refractivity contribution in [1.82, 2.24) is 19.5 Å². The Labute approximate surface area is 166 Å². The van der Waals surface area contributed by atoms with Gasteiger partial charge in [-0.3, -0.25) is 4.57 Å². The van der Waals surface area contributed by atoms with Crippen LogP contribution in [-0.2, 0) is 19.1 Å². The number of carboxylic acid groups (broad SMARTS) is 2. The minimum Gasteiger partial charge on any atom is -0.479 e. The van der Waals surface area contributed by atoms with E-state index in [0.717, 1.165) is 0 Å². The van der Waals surface area contributed by atoms with Crippen LogP contribution in [0.15, 0.2) is 6.33 Å². The number of hydrogen-bond acceptors (Lipinski definition) is 10. The number of nitrogen functional groups attached to an aromatic ring is 1. The topological polar surface area (TPSA) is 203 Å². The standard InChI is InChI=1S/C15H14ClN5O8/c1-2-15(27)5(3-28-7(12(23)24)13(25)26)29-11(8(15)22)21-4-18-6-9(17)19-14(16)20-10(6)21/h1,4-5,7-8,11,22,27H,3H2,(H,23,24)(H,25,26)(H2,17,19,20)/t5-,8+,11-,15-/m1/s1. The molecule has 0 unspecified atom stereocenters. The Kier molecular flexibility index (Phi) is 5.30. The number of fused-ring (bicyclic) bond motifs is 1. The number of halogens is 1. The van der Waals surface area contributed by atoms with Crippen molar-refractivity contribution < 1.29 is 39.5 Å². The smallest absolute Gasteiger partial charge is 0.344 e. The predicted molar refractivity (Wildman–Crippen MR) is 93.5 cm³/mol. The number of rotatable bonds is 6. The highest BCUT2D eigenvalue weighted by molar-refractivity contribution is 6.28. The first-order valence-corrected chi connectivity index (χ1v) is 8.24. The molecule has 0 radical (unpaired) electrons. The lowest BCUT2D eigenvalue weighted by Crippen LogP contribution is -2.49. The van der Waals surface area contributed by atoms with Gasteiger partial charge in [-0.2, -0.15) is 9.97 Å². The van der Waals surface area contributed by atoms with E-state index in [2.05, 4.69) is 15.0 Å². The largest absolute Gasteiger partial charge is 0.479 e. The highest BCUT2D eigenvalue weighted by Gasteiger charge is 2.56. The van der Waals surface area contributed by atoms with Crippen molar-refractivity contribution in [2.45, 2.75) is 30.1 Å². The summed E-state index contributed by atoms with van der Waals surface area (Å²) in [5.74, 6) is -1.59. The number of aliphatic carboxylic acids is 2. The molecule has 2 aromatic heterocycles. The summed E-state index contributed by atoms with van der Waals surface area (Å²) in [6.07, 6.45) is -0.289. The number of hydrogen-bond donors (Lipinski definition) is 5. The number of ether oxygens (including phenoxy) is 2. The number of terminal acetylenes is 1. The molecule has 0 saturated carbocycles. The van der Waals surface area contributed by atoms with Crippen LogP contribution >= 0.6 is 11.6 Å². The number of aliphatic hydroxyl groups is 2. The van der Waals surface area contributed by atoms with Gasteiger partial charge in [0.05, 0.1) is 12.9 Å². The Morgan fingerprint density at radius 3 is 2.69 bits per heavy atom. The molecule has 0 aliphatic carbocycles. The zero-order chi connectivity index (χ0) is 21.5. The van der Waals surface area contributed by atoms with Gasteiger partial charge in [0, 0.05) is 0 Å². The van der Waals surface area contributed by atoms with Crippen LogP contribution in [0.3, 0.4) is 0 Å². The van der Waals surface area contributed by atoms with E-state index < -0.39 is 48.7 Å². The molecule has 0 bridgehead atoms. The maximum Gasteiger partial charge on any atom is 0.344 e. The molecular formula is C15H14ClN5O8. The summed E-state index contributed by atoms with van der Waals surface area (Å²) in [4.78, 5) is 33.6. The molecule has 3 heterocycles. The van der Waals surface area contributed by atoms with Crippen LogP contribution in [0.1, 0.15) is 6.23 Å². The zero-order valence-corrected chi connectivity index (χ0v) is 15.1. The van der Waals surface area contributed by atoms with Crippen LogP contribution in [0.25, 0.3) is 11.2 Å². The molecule has 6 N–H and O–H groups in total. The number of imidazole rings is 1. The van der Waals surface area contributed by atoms with Gasteiger partial charge in [0.15, 0.2) is 23.3 Å². The Hall–Kier alpha value is -3.02. The highest BCUT2D eigenvalue weighted by atomic mass is 35.5. The average Bonchev–Trinajstić information content (AvgIpc) is 3.16. The number of anilines is 1. The van der Waals surface area contributed by atoms with E-state index >= 15 is 0 Å². The summed E-state index contributed by atoms with van der Waals surface area (Å²) in [6, 6.07) is 0. The van der Waals surface area contributed by atoms with Gasteiger partial charge >= 0.3 is 11.9 Å². The first-order chi connectivity index (χ1) is 13.6. The molecular weight excluding hydrogens is 414 g/mol. The molecule has 1 saturated heterocycles. The van der Waals surface area contributed by atoms with Gasteiger partial charge in [-0.1, -0.05) is 5.92 Å². The van der Waals surface area contributed by atoms with Crippen molar-refractivity contribution >= 4 is 40.5 Å². The molecule has 14 heteroatoms. The number of nitrogens with two attached hydrogens (primary N) is 1. The SMILES string of the molecule is C#C[C@@]1(O)[C@@H](COC(C(=O)O)C(=O)O)O[C@@H](n2cnc3c(N)nc(Cl)nc32)[C@@H]1O. The molecule has 0 amide bonds. The maximum atomic E-state index is 11.0. The van der Waals surface area contributed by atoms with Crippen molar-refractivity contribution in [3.05, 3.63) is 11.6 Å². The van der Waals surface area contributed by atoms with Crippen molar-refractivity contribution in [1.29, 1.82) is 0 Å². The molecule has 0 spiro atoms. The normalized spacial score (nSPS) is 26.7. The third-order valence-electron chi connectivity index (χ3n) is 4.30. The summed E-state index contributed by atoms with van der Waals surface area (Å²) in [6.45, 7) is -0.748. The second-order valence-electron chi connectivity index (χ2n) is 6.02. The fourth-order valence-corrected chi connectivity index (χ4v) is 3.02. The molecule has 154 valence electrons. The van der Waals surface area contributed by atoms with E-state index in [1.165, 1.54) is 10.9 Å². The Balaban J connectivity index is 1.93. The minimum absolute atomic E-state index is 0.0379. The molecule has 29 heavy (non-hydrogen) atoms. The van der Waals surface area contributed by atoms with Crippen LogP contribution < -0.4 is 5.73 Å². The molecule has 1 fully saturated rings. The van der Waals surface area contributed by atoms with E-state index in [1.54, 1.807) is 0 Å². The first-order valence-electron chi connectivity index (χ1n) is 7.86. The lowest BCUT2D eigenvalue weighted by molar-refractivity contribution is -0.171. The van der Waals surface area contributed by atoms with Crippen molar-refractivity contribution in [2.75, 3.05) is 12.3 Å². The Bertz CT molecular complexity index is 1010. The number of aromatic nitrogens is 4. The third-order valence-corrected chi connectivity index (χ3v) is 4.47. The summed E-state index contributed by atoms with van der Waals surface area (Å²) < 4.78 is 11.5. The summed E-state index contributed by atoms with van der Waals surface area (Å²) in [5.41, 5.74) is 3.59. The monoisotopic (exact) mass is 427 g/mol. The summed E-state index contributed by atoms with van der Waals surface area (Å²) >= 11 is 5.79. The van der Waals surface area contributed by atoms with Crippen molar-refractivity contribution in [3.8, 4) is 12.3 Å². The first kappa shape index (κ1) is 20.7. The fourth-order valence-electron chi connectivity index (χ4n) is 2.85. The molecule has 0 aromatic carbocycles. The number of aliphatic hydroxyl groups excluding tert-OH is 1. The predicted octanol–water partition coefficient (Wildman–Crippen LogP) is -1.76. The zero-order valence-electron chi connectivity index (χ0n) is 14.3. The van der Waals surface area contributed by atoms with E-state index in [-0.39, 0.29) is 22.3 Å². The van der Waals surface area contributed by atoms with E-state index in [9.17, 15) is 19.8 Å². The van der Waals surface area contributed by atoms with Gasteiger partial charge in [-0.25, -0.2) is 14.6 Å². The van der Waals surface area contributed by atoms with Crippen molar-refractivity contribution in [2.24, 2.45) is 0 Å². The Morgan fingerprint density at radius 1 is 1.45 bits per heavy atom. The van der Waals surface area contributed by atoms with Gasteiger partial charge in [0.25, 0.3) is 6.10 Å². The van der Waals surface area contributed by atoms with Crippen molar-refractivity contribution in [3.63, 3.8) is 0 Å². The van der Waals surface area contributed by atoms with Gasteiger partial charge < -0.3 is 35.6 Å². The van der Waals surface area contributed by atoms with Gasteiger partial charge in [0.1, 0.15) is 17.7 Å². The van der Waals surface area contributed by atoms with E-state index in [0.29, 0.717) is 0 Å². The quantitative estimate of drug-likeness (QED) is 0.197. The second kappa shape index (κ2) is 7.43. The molecule has 4 atom stereocenters. The number of carbonyl (C=O) groups is 2. The third kappa shape index (κ3) is 3.43. The van der Waals surface area contributed by atoms with Gasteiger partial charge in [-0.05, 0) is 11.6 Å². The Morgan fingerprint density at radius 2 is 2.10 bits per heavy atom. The fraction of sp³-hybridized carbons (Fsp3) is 0.400. The van der Waals surface area contributed by atoms with Gasteiger partial charge in [0.2, 0.25) is 5.28 Å². The van der Waals surface area contributed by atoms with E-state index in [1.807, 2.05) is 5.92 Å². The summed E-state index contributed by atoms with van der Waals surface area (Å²) in [5, 5.41) is 38.8. The molecule has 13 nitrogen and oxygen atoms in total. The molecule has 3 rings (SSSR count). The lowest BCUT2D eigenvalue weighted by atomic mass is 9.93. The maximum absolute atomic E-state index is 11.0. The minimum atomic E-state index is -2.34. The second-order valence-corrected chi connectivity index (χ2v) is 6.36. The molecule has 2 aromatic rings. The van der Waals surface area contributed by atoms with Crippen LogP contribution in [0.5, 0.6) is 0 Å². The van der Waals surface area contributed by atoms with Crippen LogP contribution in [0, 0.1) is 12.3 Å². The van der Waals surface area contributed by atoms with Crippen LogP contribution in [0.2, 0.25) is 5.28 Å². The highest BCUT2D eigenvalue weighted by Crippen LogP contribution is 2.38. The number of nitrogens with zero attached hydrogens (tertiary/aromatic N) is 4. The molecule has 1 aliphatic heterocycles.